The van der Waals surface area contributed by atoms with Gasteiger partial charge in [-0.3, -0.25) is 4.52 Å². The number of hydrogen-bond donors (Lipinski definition) is 1. The lowest BCUT2D eigenvalue weighted by Gasteiger charge is -2.22. The van der Waals surface area contributed by atoms with E-state index in [-0.39, 0.29) is 13.4 Å². The molecule has 0 bridgehead atoms. The van der Waals surface area contributed by atoms with Gasteiger partial charge in [0.25, 0.3) is 0 Å². The van der Waals surface area contributed by atoms with E-state index in [0.29, 0.717) is 17.8 Å². The fourth-order valence-electron chi connectivity index (χ4n) is 2.76. The van der Waals surface area contributed by atoms with Gasteiger partial charge in [-0.2, -0.15) is 0 Å². The molecule has 2 rings (SSSR count). The molecule has 1 aliphatic carbocycles. The van der Waals surface area contributed by atoms with E-state index in [1.54, 1.807) is 6.92 Å². The Morgan fingerprint density at radius 3 is 2.43 bits per heavy atom. The van der Waals surface area contributed by atoms with Crippen molar-refractivity contribution in [2.45, 2.75) is 52.4 Å². The van der Waals surface area contributed by atoms with E-state index in [9.17, 15) is 9.46 Å². The van der Waals surface area contributed by atoms with Crippen LogP contribution >= 0.6 is 7.82 Å². The van der Waals surface area contributed by atoms with E-state index < -0.39 is 7.82 Å². The fraction of sp³-hybridized carbons (Fsp3) is 0.647. The van der Waals surface area contributed by atoms with Crippen LogP contribution < -0.4 is 4.74 Å². The predicted molar refractivity (Wildman–Crippen MR) is 89.7 cm³/mol. The topological polar surface area (TPSA) is 65.0 Å². The van der Waals surface area contributed by atoms with Crippen molar-refractivity contribution in [2.24, 2.45) is 5.92 Å². The summed E-state index contributed by atoms with van der Waals surface area (Å²) < 4.78 is 26.9. The minimum Gasteiger partial charge on any atom is -0.466 e. The highest BCUT2D eigenvalue weighted by molar-refractivity contribution is 7.47. The number of phosphoric acid groups is 1. The Labute approximate surface area is 138 Å². The van der Waals surface area contributed by atoms with Crippen LogP contribution in [0.3, 0.4) is 0 Å². The molecule has 6 heteroatoms. The highest BCUT2D eigenvalue weighted by Gasteiger charge is 2.31. The molecule has 1 fully saturated rings. The van der Waals surface area contributed by atoms with Crippen molar-refractivity contribution in [1.29, 1.82) is 0 Å². The standard InChI is InChI=1S/C17H27O5P/c1-5-21-23(18,19)22-11-20-17-15(12(2)3)7-6-8-16(17)13(4)14-9-10-14/h6-8,12-14H,5,9-11H2,1-4H3,(H,18,19). The Hall–Kier alpha value is -0.870. The van der Waals surface area contributed by atoms with Gasteiger partial charge in [-0.05, 0) is 48.6 Å². The van der Waals surface area contributed by atoms with Crippen LogP contribution in [0.1, 0.15) is 63.5 Å². The molecule has 2 atom stereocenters. The van der Waals surface area contributed by atoms with Crippen LogP contribution in [0, 0.1) is 5.92 Å². The first kappa shape index (κ1) is 18.5. The summed E-state index contributed by atoms with van der Waals surface area (Å²) in [7, 11) is -4.04. The average Bonchev–Trinajstić information content (AvgIpc) is 3.30. The monoisotopic (exact) mass is 342 g/mol. The average molecular weight is 342 g/mol. The zero-order valence-electron chi connectivity index (χ0n) is 14.3. The molecular formula is C17H27O5P. The molecule has 1 N–H and O–H groups in total. The Morgan fingerprint density at radius 1 is 1.22 bits per heavy atom. The third kappa shape index (κ3) is 5.05. The molecule has 2 unspecified atom stereocenters. The summed E-state index contributed by atoms with van der Waals surface area (Å²) in [6.45, 7) is 7.86. The van der Waals surface area contributed by atoms with Gasteiger partial charge in [0.1, 0.15) is 5.75 Å². The molecule has 0 heterocycles. The second-order valence-electron chi connectivity index (χ2n) is 6.32. The molecule has 23 heavy (non-hydrogen) atoms. The Balaban J connectivity index is 2.15. The first-order valence-electron chi connectivity index (χ1n) is 8.23. The minimum absolute atomic E-state index is 0.111. The van der Waals surface area contributed by atoms with Crippen LogP contribution in [-0.2, 0) is 13.6 Å². The van der Waals surface area contributed by atoms with Crippen LogP contribution in [0.25, 0.3) is 0 Å². The van der Waals surface area contributed by atoms with Gasteiger partial charge in [0.05, 0.1) is 6.61 Å². The van der Waals surface area contributed by atoms with Crippen molar-refractivity contribution in [3.8, 4) is 5.75 Å². The predicted octanol–water partition coefficient (Wildman–Crippen LogP) is 4.81. The van der Waals surface area contributed by atoms with Crippen molar-refractivity contribution in [1.82, 2.24) is 0 Å². The lowest BCUT2D eigenvalue weighted by Crippen LogP contribution is -2.09. The number of hydrogen-bond acceptors (Lipinski definition) is 4. The molecule has 1 aromatic carbocycles. The smallest absolute Gasteiger partial charge is 0.466 e. The normalized spacial score (nSPS) is 18.7. The van der Waals surface area contributed by atoms with Gasteiger partial charge in [0.15, 0.2) is 6.79 Å². The van der Waals surface area contributed by atoms with Crippen LogP contribution in [0.2, 0.25) is 0 Å². The summed E-state index contributed by atoms with van der Waals surface area (Å²) in [4.78, 5) is 9.48. The van der Waals surface area contributed by atoms with Crippen LogP contribution in [0.4, 0.5) is 0 Å². The van der Waals surface area contributed by atoms with E-state index in [1.165, 1.54) is 12.8 Å². The quantitative estimate of drug-likeness (QED) is 0.515. The zero-order valence-corrected chi connectivity index (χ0v) is 15.2. The molecule has 1 aromatic rings. The molecule has 0 amide bonds. The summed E-state index contributed by atoms with van der Waals surface area (Å²) >= 11 is 0. The third-order valence-corrected chi connectivity index (χ3v) is 5.25. The highest BCUT2D eigenvalue weighted by Crippen LogP contribution is 2.47. The Kier molecular flexibility index (Phi) is 6.26. The van der Waals surface area contributed by atoms with Crippen LogP contribution in [-0.4, -0.2) is 18.3 Å². The van der Waals surface area contributed by atoms with Gasteiger partial charge in [0.2, 0.25) is 0 Å². The molecular weight excluding hydrogens is 315 g/mol. The summed E-state index contributed by atoms with van der Waals surface area (Å²) in [6.07, 6.45) is 2.50. The van der Waals surface area contributed by atoms with Gasteiger partial charge in [-0.1, -0.05) is 39.0 Å². The van der Waals surface area contributed by atoms with Crippen LogP contribution in [0.15, 0.2) is 18.2 Å². The molecule has 0 spiro atoms. The maximum Gasteiger partial charge on any atom is 0.475 e. The molecule has 130 valence electrons. The van der Waals surface area contributed by atoms with Gasteiger partial charge < -0.3 is 9.63 Å². The number of phosphoric ester groups is 1. The Morgan fingerprint density at radius 2 is 1.87 bits per heavy atom. The number of ether oxygens (including phenoxy) is 1. The first-order chi connectivity index (χ1) is 10.9. The zero-order chi connectivity index (χ0) is 17.0. The SMILES string of the molecule is CCOP(=O)(O)OCOc1c(C(C)C)cccc1C(C)C1CC1. The maximum atomic E-state index is 11.6. The van der Waals surface area contributed by atoms with Crippen molar-refractivity contribution >= 4 is 7.82 Å². The lowest BCUT2D eigenvalue weighted by atomic mass is 9.90. The Bertz CT molecular complexity index is 568. The fourth-order valence-corrected chi connectivity index (χ4v) is 3.34. The van der Waals surface area contributed by atoms with Crippen molar-refractivity contribution in [3.05, 3.63) is 29.3 Å². The summed E-state index contributed by atoms with van der Waals surface area (Å²) in [5, 5.41) is 0. The van der Waals surface area contributed by atoms with Gasteiger partial charge in [-0.15, -0.1) is 0 Å². The molecule has 0 saturated heterocycles. The molecule has 0 aliphatic heterocycles. The van der Waals surface area contributed by atoms with Crippen LogP contribution in [0.5, 0.6) is 5.75 Å². The maximum absolute atomic E-state index is 11.6. The lowest BCUT2D eigenvalue weighted by molar-refractivity contribution is 0.0671. The molecule has 1 aliphatic rings. The number of rotatable bonds is 9. The van der Waals surface area contributed by atoms with Gasteiger partial charge in [-0.25, -0.2) is 9.09 Å². The molecule has 1 saturated carbocycles. The van der Waals surface area contributed by atoms with E-state index in [2.05, 4.69) is 31.4 Å². The van der Waals surface area contributed by atoms with E-state index in [4.69, 9.17) is 9.26 Å². The summed E-state index contributed by atoms with van der Waals surface area (Å²) in [5.74, 6) is 2.19. The van der Waals surface area contributed by atoms with Gasteiger partial charge in [0, 0.05) is 0 Å². The van der Waals surface area contributed by atoms with E-state index in [0.717, 1.165) is 16.9 Å². The molecule has 5 nitrogen and oxygen atoms in total. The second-order valence-corrected chi connectivity index (χ2v) is 7.78. The first-order valence-corrected chi connectivity index (χ1v) is 9.72. The molecule has 0 radical (unpaired) electrons. The number of para-hydroxylation sites is 1. The minimum atomic E-state index is -4.04. The van der Waals surface area contributed by atoms with Gasteiger partial charge >= 0.3 is 7.82 Å². The summed E-state index contributed by atoms with van der Waals surface area (Å²) in [5.41, 5.74) is 2.23. The summed E-state index contributed by atoms with van der Waals surface area (Å²) in [6, 6.07) is 6.16. The van der Waals surface area contributed by atoms with E-state index >= 15 is 0 Å². The van der Waals surface area contributed by atoms with Crippen molar-refractivity contribution in [3.63, 3.8) is 0 Å². The van der Waals surface area contributed by atoms with Crippen molar-refractivity contribution in [2.75, 3.05) is 13.4 Å². The second kappa shape index (κ2) is 7.80. The van der Waals surface area contributed by atoms with Crippen molar-refractivity contribution < 1.29 is 23.2 Å². The van der Waals surface area contributed by atoms with E-state index in [1.807, 2.05) is 12.1 Å². The highest BCUT2D eigenvalue weighted by atomic mass is 31.2. The third-order valence-electron chi connectivity index (χ3n) is 4.23. The molecule has 0 aromatic heterocycles. The number of benzene rings is 1. The largest absolute Gasteiger partial charge is 0.475 e.